The van der Waals surface area contributed by atoms with E-state index in [0.717, 1.165) is 43.8 Å². The average molecular weight is 332 g/mol. The number of hydrogen-bond donors (Lipinski definition) is 1. The molecule has 1 N–H and O–H groups in total. The topological polar surface area (TPSA) is 41.6 Å². The van der Waals surface area contributed by atoms with Crippen molar-refractivity contribution in [1.29, 1.82) is 0 Å². The van der Waals surface area contributed by atoms with Crippen molar-refractivity contribution in [3.05, 3.63) is 29.8 Å². The average Bonchev–Trinajstić information content (AvgIpc) is 2.54. The number of hydrogen-bond acceptors (Lipinski definition) is 3. The normalized spacial score (nSPS) is 16.8. The lowest BCUT2D eigenvalue weighted by atomic mass is 9.86. The number of nitrogens with zero attached hydrogens (tertiary/aromatic N) is 1. The minimum atomic E-state index is -0.0207. The maximum Gasteiger partial charge on any atom is 0.258 e. The van der Waals surface area contributed by atoms with Crippen molar-refractivity contribution in [2.24, 2.45) is 0 Å². The fourth-order valence-electron chi connectivity index (χ4n) is 3.24. The molecule has 2 rings (SSSR count). The van der Waals surface area contributed by atoms with Gasteiger partial charge in [0.2, 0.25) is 0 Å². The molecule has 4 nitrogen and oxygen atoms in total. The number of carbonyl (C=O) groups is 1. The van der Waals surface area contributed by atoms with E-state index in [-0.39, 0.29) is 24.0 Å². The zero-order chi connectivity index (χ0) is 17.6. The van der Waals surface area contributed by atoms with E-state index >= 15 is 0 Å². The van der Waals surface area contributed by atoms with Crippen LogP contribution in [0.4, 0.5) is 0 Å². The van der Waals surface area contributed by atoms with Crippen LogP contribution in [-0.4, -0.2) is 43.1 Å². The van der Waals surface area contributed by atoms with Crippen LogP contribution in [0.3, 0.4) is 0 Å². The molecule has 0 bridgehead atoms. The number of para-hydroxylation sites is 1. The van der Waals surface area contributed by atoms with Crippen molar-refractivity contribution >= 4 is 5.91 Å². The van der Waals surface area contributed by atoms with Crippen LogP contribution in [0.25, 0.3) is 0 Å². The SMILES string of the molecule is CCCN1CCC(NC(=O)COc2ccccc2C(C)(C)C)CC1. The number of carbonyl (C=O) groups excluding carboxylic acids is 1. The summed E-state index contributed by atoms with van der Waals surface area (Å²) in [5.41, 5.74) is 1.13. The highest BCUT2D eigenvalue weighted by Gasteiger charge is 2.21. The third-order valence-corrected chi connectivity index (χ3v) is 4.55. The van der Waals surface area contributed by atoms with Crippen LogP contribution in [0.1, 0.15) is 52.5 Å². The number of likely N-dealkylation sites (tertiary alicyclic amines) is 1. The largest absolute Gasteiger partial charge is 0.483 e. The van der Waals surface area contributed by atoms with Gasteiger partial charge in [0, 0.05) is 19.1 Å². The van der Waals surface area contributed by atoms with Crippen LogP contribution in [-0.2, 0) is 10.2 Å². The Bertz CT molecular complexity index is 529. The predicted octanol–water partition coefficient (Wildman–Crippen LogP) is 3.35. The first-order valence-electron chi connectivity index (χ1n) is 9.14. The highest BCUT2D eigenvalue weighted by molar-refractivity contribution is 5.77. The van der Waals surface area contributed by atoms with Crippen molar-refractivity contribution in [2.45, 2.75) is 58.4 Å². The Morgan fingerprint density at radius 1 is 1.25 bits per heavy atom. The zero-order valence-corrected chi connectivity index (χ0v) is 15.6. The Hall–Kier alpha value is -1.55. The molecule has 0 aromatic heterocycles. The van der Waals surface area contributed by atoms with E-state index in [1.807, 2.05) is 18.2 Å². The molecule has 1 heterocycles. The molecule has 1 aromatic rings. The fraction of sp³-hybridized carbons (Fsp3) is 0.650. The number of nitrogens with one attached hydrogen (secondary N) is 1. The molecule has 1 aliphatic heterocycles. The summed E-state index contributed by atoms with van der Waals surface area (Å²) in [6, 6.07) is 8.25. The highest BCUT2D eigenvalue weighted by Crippen LogP contribution is 2.30. The maximum atomic E-state index is 12.2. The summed E-state index contributed by atoms with van der Waals surface area (Å²) in [6.07, 6.45) is 3.26. The van der Waals surface area contributed by atoms with Crippen LogP contribution < -0.4 is 10.1 Å². The minimum Gasteiger partial charge on any atom is -0.483 e. The number of ether oxygens (including phenoxy) is 1. The van der Waals surface area contributed by atoms with Gasteiger partial charge < -0.3 is 15.0 Å². The standard InChI is InChI=1S/C20H32N2O2/c1-5-12-22-13-10-16(11-14-22)21-19(23)15-24-18-9-7-6-8-17(18)20(2,3)4/h6-9,16H,5,10-15H2,1-4H3,(H,21,23). The maximum absolute atomic E-state index is 12.2. The van der Waals surface area contributed by atoms with Gasteiger partial charge in [0.15, 0.2) is 6.61 Å². The summed E-state index contributed by atoms with van der Waals surface area (Å²) in [7, 11) is 0. The molecule has 4 heteroatoms. The van der Waals surface area contributed by atoms with Crippen LogP contribution in [0.2, 0.25) is 0 Å². The van der Waals surface area contributed by atoms with Crippen molar-refractivity contribution in [1.82, 2.24) is 10.2 Å². The quantitative estimate of drug-likeness (QED) is 0.868. The summed E-state index contributed by atoms with van der Waals surface area (Å²) in [4.78, 5) is 14.7. The molecule has 1 amide bonds. The van der Waals surface area contributed by atoms with Gasteiger partial charge in [-0.3, -0.25) is 4.79 Å². The van der Waals surface area contributed by atoms with Crippen LogP contribution in [0, 0.1) is 0 Å². The molecular weight excluding hydrogens is 300 g/mol. The molecular formula is C20H32N2O2. The van der Waals surface area contributed by atoms with E-state index < -0.39 is 0 Å². The monoisotopic (exact) mass is 332 g/mol. The lowest BCUT2D eigenvalue weighted by molar-refractivity contribution is -0.124. The molecule has 24 heavy (non-hydrogen) atoms. The molecule has 1 aromatic carbocycles. The lowest BCUT2D eigenvalue weighted by Crippen LogP contribution is -2.46. The Morgan fingerprint density at radius 3 is 2.54 bits per heavy atom. The summed E-state index contributed by atoms with van der Waals surface area (Å²) in [6.45, 7) is 12.1. The van der Waals surface area contributed by atoms with Crippen molar-refractivity contribution in [3.63, 3.8) is 0 Å². The third kappa shape index (κ3) is 5.52. The Labute approximate surface area is 146 Å². The number of amides is 1. The molecule has 0 aliphatic carbocycles. The smallest absolute Gasteiger partial charge is 0.258 e. The van der Waals surface area contributed by atoms with Gasteiger partial charge in [0.1, 0.15) is 5.75 Å². The zero-order valence-electron chi connectivity index (χ0n) is 15.6. The summed E-state index contributed by atoms with van der Waals surface area (Å²) < 4.78 is 5.80. The molecule has 1 saturated heterocycles. The molecule has 0 spiro atoms. The Balaban J connectivity index is 1.80. The van der Waals surface area contributed by atoms with Crippen molar-refractivity contribution in [3.8, 4) is 5.75 Å². The number of benzene rings is 1. The van der Waals surface area contributed by atoms with Crippen LogP contribution >= 0.6 is 0 Å². The fourth-order valence-corrected chi connectivity index (χ4v) is 3.24. The van der Waals surface area contributed by atoms with Gasteiger partial charge in [-0.2, -0.15) is 0 Å². The van der Waals surface area contributed by atoms with Crippen molar-refractivity contribution in [2.75, 3.05) is 26.2 Å². The Morgan fingerprint density at radius 2 is 1.92 bits per heavy atom. The van der Waals surface area contributed by atoms with E-state index in [2.05, 4.69) is 44.0 Å². The first kappa shape index (κ1) is 18.8. The van der Waals surface area contributed by atoms with Gasteiger partial charge in [-0.25, -0.2) is 0 Å². The predicted molar refractivity (Wildman–Crippen MR) is 98.5 cm³/mol. The Kier molecular flexibility index (Phi) is 6.67. The van der Waals surface area contributed by atoms with Gasteiger partial charge in [0.05, 0.1) is 0 Å². The molecule has 134 valence electrons. The van der Waals surface area contributed by atoms with Crippen LogP contribution in [0.5, 0.6) is 5.75 Å². The van der Waals surface area contributed by atoms with Gasteiger partial charge in [-0.15, -0.1) is 0 Å². The van der Waals surface area contributed by atoms with Gasteiger partial charge in [0.25, 0.3) is 5.91 Å². The van der Waals surface area contributed by atoms with Gasteiger partial charge in [-0.05, 0) is 42.9 Å². The first-order chi connectivity index (χ1) is 11.4. The van der Waals surface area contributed by atoms with Gasteiger partial charge >= 0.3 is 0 Å². The van der Waals surface area contributed by atoms with E-state index in [1.165, 1.54) is 6.42 Å². The second-order valence-electron chi connectivity index (χ2n) is 7.72. The third-order valence-electron chi connectivity index (χ3n) is 4.55. The molecule has 0 saturated carbocycles. The highest BCUT2D eigenvalue weighted by atomic mass is 16.5. The second kappa shape index (κ2) is 8.52. The number of rotatable bonds is 6. The molecule has 1 aliphatic rings. The minimum absolute atomic E-state index is 0.000818. The lowest BCUT2D eigenvalue weighted by Gasteiger charge is -2.32. The summed E-state index contributed by atoms with van der Waals surface area (Å²) in [5, 5.41) is 3.12. The van der Waals surface area contributed by atoms with E-state index in [9.17, 15) is 4.79 Å². The second-order valence-corrected chi connectivity index (χ2v) is 7.72. The number of piperidine rings is 1. The molecule has 0 radical (unpaired) electrons. The first-order valence-corrected chi connectivity index (χ1v) is 9.14. The van der Waals surface area contributed by atoms with Crippen molar-refractivity contribution < 1.29 is 9.53 Å². The molecule has 0 atom stereocenters. The van der Waals surface area contributed by atoms with Gasteiger partial charge in [-0.1, -0.05) is 45.9 Å². The van der Waals surface area contributed by atoms with E-state index in [0.29, 0.717) is 0 Å². The summed E-state index contributed by atoms with van der Waals surface area (Å²) in [5.74, 6) is 0.783. The van der Waals surface area contributed by atoms with Crippen LogP contribution in [0.15, 0.2) is 24.3 Å². The van der Waals surface area contributed by atoms with E-state index in [4.69, 9.17) is 4.74 Å². The van der Waals surface area contributed by atoms with E-state index in [1.54, 1.807) is 0 Å². The molecule has 1 fully saturated rings. The molecule has 0 unspecified atom stereocenters. The summed E-state index contributed by atoms with van der Waals surface area (Å²) >= 11 is 0.